The quantitative estimate of drug-likeness (QED) is 0.908. The number of nitrogens with two attached hydrogens (primary N) is 1. The second-order valence-corrected chi connectivity index (χ2v) is 5.27. The number of amides is 1. The number of likely N-dealkylation sites (N-methyl/N-ethyl adjacent to an activating group) is 1. The van der Waals surface area contributed by atoms with E-state index in [0.717, 1.165) is 18.4 Å². The molecule has 2 aromatic carbocycles. The molecule has 0 radical (unpaired) electrons. The Balaban J connectivity index is 2.09. The van der Waals surface area contributed by atoms with Crippen LogP contribution in [0.2, 0.25) is 0 Å². The molecule has 0 bridgehead atoms. The summed E-state index contributed by atoms with van der Waals surface area (Å²) in [4.78, 5) is 13.8. The van der Waals surface area contributed by atoms with Crippen LogP contribution in [0.5, 0.6) is 0 Å². The number of hydrogen-bond acceptors (Lipinski definition) is 2. The first-order chi connectivity index (χ1) is 9.61. The summed E-state index contributed by atoms with van der Waals surface area (Å²) in [5, 5.41) is 2.41. The van der Waals surface area contributed by atoms with E-state index in [1.165, 1.54) is 10.8 Å². The first-order valence-electron chi connectivity index (χ1n) is 7.10. The van der Waals surface area contributed by atoms with Gasteiger partial charge in [0.25, 0.3) is 0 Å². The molecule has 0 fully saturated rings. The van der Waals surface area contributed by atoms with E-state index in [9.17, 15) is 4.79 Å². The molecule has 2 rings (SSSR count). The summed E-state index contributed by atoms with van der Waals surface area (Å²) in [6, 6.07) is 14.1. The molecule has 1 amide bonds. The number of carbonyl (C=O) groups excluding carboxylic acids is 1. The molecule has 0 aromatic heterocycles. The van der Waals surface area contributed by atoms with Crippen LogP contribution >= 0.6 is 0 Å². The zero-order valence-corrected chi connectivity index (χ0v) is 12.2. The molecule has 106 valence electrons. The summed E-state index contributed by atoms with van der Waals surface area (Å²) in [6.45, 7) is 2.64. The Hall–Kier alpha value is -1.87. The Morgan fingerprint density at radius 1 is 1.20 bits per heavy atom. The van der Waals surface area contributed by atoms with Crippen molar-refractivity contribution in [3.05, 3.63) is 48.0 Å². The predicted molar refractivity (Wildman–Crippen MR) is 83.3 cm³/mol. The molecule has 0 aliphatic rings. The van der Waals surface area contributed by atoms with Crippen molar-refractivity contribution in [2.24, 2.45) is 5.73 Å². The van der Waals surface area contributed by atoms with Gasteiger partial charge in [-0.3, -0.25) is 4.79 Å². The van der Waals surface area contributed by atoms with Crippen molar-refractivity contribution in [2.45, 2.75) is 32.4 Å². The Kier molecular flexibility index (Phi) is 4.74. The van der Waals surface area contributed by atoms with Gasteiger partial charge in [0.2, 0.25) is 5.91 Å². The van der Waals surface area contributed by atoms with Gasteiger partial charge in [-0.15, -0.1) is 0 Å². The van der Waals surface area contributed by atoms with Crippen molar-refractivity contribution in [2.75, 3.05) is 7.05 Å². The largest absolute Gasteiger partial charge is 0.340 e. The molecular formula is C17H22N2O. The van der Waals surface area contributed by atoms with Gasteiger partial charge in [0.15, 0.2) is 0 Å². The lowest BCUT2D eigenvalue weighted by molar-refractivity contribution is -0.131. The van der Waals surface area contributed by atoms with E-state index in [-0.39, 0.29) is 11.9 Å². The Labute approximate surface area is 120 Å². The van der Waals surface area contributed by atoms with Crippen LogP contribution in [0.15, 0.2) is 42.5 Å². The van der Waals surface area contributed by atoms with Crippen molar-refractivity contribution in [3.8, 4) is 0 Å². The minimum absolute atomic E-state index is 0.0139. The van der Waals surface area contributed by atoms with Crippen LogP contribution in [-0.2, 0) is 11.3 Å². The molecule has 0 spiro atoms. The number of hydrogen-bond donors (Lipinski definition) is 1. The SMILES string of the molecule is CCCC(N)C(=O)N(C)Cc1ccc2ccccc2c1. The van der Waals surface area contributed by atoms with Crippen LogP contribution in [0.25, 0.3) is 10.8 Å². The highest BCUT2D eigenvalue weighted by Crippen LogP contribution is 2.16. The standard InChI is InChI=1S/C17H22N2O/c1-3-6-16(18)17(20)19(2)12-13-9-10-14-7-4-5-8-15(14)11-13/h4-5,7-11,16H,3,6,12,18H2,1-2H3. The third kappa shape index (κ3) is 3.36. The molecule has 0 aliphatic carbocycles. The van der Waals surface area contributed by atoms with Gasteiger partial charge in [0.05, 0.1) is 6.04 Å². The molecule has 1 unspecified atom stereocenters. The average molecular weight is 270 g/mol. The van der Waals surface area contributed by atoms with Crippen molar-refractivity contribution < 1.29 is 4.79 Å². The van der Waals surface area contributed by atoms with Gasteiger partial charge in [-0.25, -0.2) is 0 Å². The van der Waals surface area contributed by atoms with Gasteiger partial charge in [-0.1, -0.05) is 49.7 Å². The fourth-order valence-corrected chi connectivity index (χ4v) is 2.41. The van der Waals surface area contributed by atoms with Gasteiger partial charge in [-0.2, -0.15) is 0 Å². The monoisotopic (exact) mass is 270 g/mol. The smallest absolute Gasteiger partial charge is 0.239 e. The highest BCUT2D eigenvalue weighted by Gasteiger charge is 2.17. The Morgan fingerprint density at radius 3 is 2.60 bits per heavy atom. The maximum absolute atomic E-state index is 12.1. The second kappa shape index (κ2) is 6.53. The molecule has 2 aromatic rings. The van der Waals surface area contributed by atoms with E-state index in [4.69, 9.17) is 5.73 Å². The van der Waals surface area contributed by atoms with E-state index in [0.29, 0.717) is 6.54 Å². The van der Waals surface area contributed by atoms with Crippen molar-refractivity contribution in [3.63, 3.8) is 0 Å². The molecule has 2 N–H and O–H groups in total. The topological polar surface area (TPSA) is 46.3 Å². The molecule has 0 saturated carbocycles. The molecular weight excluding hydrogens is 248 g/mol. The molecule has 3 heteroatoms. The molecule has 0 aliphatic heterocycles. The summed E-state index contributed by atoms with van der Waals surface area (Å²) >= 11 is 0. The van der Waals surface area contributed by atoms with Crippen LogP contribution in [0.1, 0.15) is 25.3 Å². The van der Waals surface area contributed by atoms with Crippen molar-refractivity contribution >= 4 is 16.7 Å². The number of benzene rings is 2. The zero-order chi connectivity index (χ0) is 14.5. The van der Waals surface area contributed by atoms with E-state index >= 15 is 0 Å². The lowest BCUT2D eigenvalue weighted by Gasteiger charge is -2.21. The molecule has 20 heavy (non-hydrogen) atoms. The number of nitrogens with zero attached hydrogens (tertiary/aromatic N) is 1. The molecule has 0 saturated heterocycles. The van der Waals surface area contributed by atoms with Crippen LogP contribution < -0.4 is 5.73 Å². The number of carbonyl (C=O) groups is 1. The Morgan fingerprint density at radius 2 is 1.90 bits per heavy atom. The summed E-state index contributed by atoms with van der Waals surface area (Å²) in [5.74, 6) is 0.0139. The van der Waals surface area contributed by atoms with Crippen molar-refractivity contribution in [1.29, 1.82) is 0 Å². The Bertz CT molecular complexity index is 594. The first-order valence-corrected chi connectivity index (χ1v) is 7.10. The summed E-state index contributed by atoms with van der Waals surface area (Å²) < 4.78 is 0. The number of fused-ring (bicyclic) bond motifs is 1. The van der Waals surface area contributed by atoms with E-state index < -0.39 is 0 Å². The van der Waals surface area contributed by atoms with Gasteiger partial charge in [0.1, 0.15) is 0 Å². The summed E-state index contributed by atoms with van der Waals surface area (Å²) in [6.07, 6.45) is 1.66. The second-order valence-electron chi connectivity index (χ2n) is 5.27. The van der Waals surface area contributed by atoms with E-state index in [2.05, 4.69) is 30.3 Å². The fourth-order valence-electron chi connectivity index (χ4n) is 2.41. The van der Waals surface area contributed by atoms with E-state index in [1.807, 2.05) is 26.1 Å². The molecule has 1 atom stereocenters. The normalized spacial score (nSPS) is 12.3. The van der Waals surface area contributed by atoms with Crippen LogP contribution in [0.4, 0.5) is 0 Å². The van der Waals surface area contributed by atoms with Gasteiger partial charge < -0.3 is 10.6 Å². The van der Waals surface area contributed by atoms with Gasteiger partial charge in [0, 0.05) is 13.6 Å². The summed E-state index contributed by atoms with van der Waals surface area (Å²) in [5.41, 5.74) is 7.01. The first kappa shape index (κ1) is 14.5. The third-order valence-electron chi connectivity index (χ3n) is 3.53. The minimum atomic E-state index is -0.384. The lowest BCUT2D eigenvalue weighted by atomic mass is 10.1. The van der Waals surface area contributed by atoms with Gasteiger partial charge in [-0.05, 0) is 28.8 Å². The maximum atomic E-state index is 12.1. The molecule has 3 nitrogen and oxygen atoms in total. The van der Waals surface area contributed by atoms with Crippen molar-refractivity contribution in [1.82, 2.24) is 4.90 Å². The van der Waals surface area contributed by atoms with E-state index in [1.54, 1.807) is 4.90 Å². The molecule has 0 heterocycles. The highest BCUT2D eigenvalue weighted by molar-refractivity contribution is 5.84. The van der Waals surface area contributed by atoms with Gasteiger partial charge >= 0.3 is 0 Å². The number of rotatable bonds is 5. The van der Waals surface area contributed by atoms with Crippen LogP contribution in [0, 0.1) is 0 Å². The fraction of sp³-hybridized carbons (Fsp3) is 0.353. The highest BCUT2D eigenvalue weighted by atomic mass is 16.2. The van der Waals surface area contributed by atoms with Crippen LogP contribution in [0.3, 0.4) is 0 Å². The van der Waals surface area contributed by atoms with Crippen LogP contribution in [-0.4, -0.2) is 23.9 Å². The minimum Gasteiger partial charge on any atom is -0.340 e. The third-order valence-corrected chi connectivity index (χ3v) is 3.53. The lowest BCUT2D eigenvalue weighted by Crippen LogP contribution is -2.41. The maximum Gasteiger partial charge on any atom is 0.239 e. The average Bonchev–Trinajstić information content (AvgIpc) is 2.46. The predicted octanol–water partition coefficient (Wildman–Crippen LogP) is 2.93. The summed E-state index contributed by atoms with van der Waals surface area (Å²) in [7, 11) is 1.81. The zero-order valence-electron chi connectivity index (χ0n) is 12.2.